The third-order valence-corrected chi connectivity index (χ3v) is 5.31. The topological polar surface area (TPSA) is 150 Å². The van der Waals surface area contributed by atoms with Crippen molar-refractivity contribution in [2.75, 3.05) is 10.6 Å². The van der Waals surface area contributed by atoms with Gasteiger partial charge >= 0.3 is 0 Å². The van der Waals surface area contributed by atoms with Crippen LogP contribution in [0.5, 0.6) is 0 Å². The highest BCUT2D eigenvalue weighted by Crippen LogP contribution is 2.34. The lowest BCUT2D eigenvalue weighted by Gasteiger charge is -2.22. The van der Waals surface area contributed by atoms with Crippen molar-refractivity contribution >= 4 is 23.2 Å². The first-order valence-electron chi connectivity index (χ1n) is 9.96. The Morgan fingerprint density at radius 3 is 2.61 bits per heavy atom. The first kappa shape index (κ1) is 20.7. The second-order valence-electron chi connectivity index (χ2n) is 7.70. The molecule has 1 amide bonds. The van der Waals surface area contributed by atoms with Crippen molar-refractivity contribution in [3.63, 3.8) is 0 Å². The fourth-order valence-electron chi connectivity index (χ4n) is 3.34. The number of nitrogens with two attached hydrogens (primary N) is 2. The van der Waals surface area contributed by atoms with E-state index in [0.29, 0.717) is 23.0 Å². The van der Waals surface area contributed by atoms with E-state index in [1.807, 2.05) is 13.8 Å². The molecule has 31 heavy (non-hydrogen) atoms. The Morgan fingerprint density at radius 1 is 1.26 bits per heavy atom. The molecular formula is C20H24FN9O. The third kappa shape index (κ3) is 4.45. The number of hydrogen-bond donors (Lipinski definition) is 4. The second-order valence-corrected chi connectivity index (χ2v) is 7.70. The molecule has 1 saturated carbocycles. The number of aryl methyl sites for hydroxylation is 1. The average molecular weight is 425 g/mol. The van der Waals surface area contributed by atoms with E-state index in [9.17, 15) is 9.18 Å². The number of pyridine rings is 2. The number of rotatable bonds is 8. The number of hydrogen-bond acceptors (Lipinski definition) is 8. The van der Waals surface area contributed by atoms with Crippen LogP contribution in [0.25, 0.3) is 5.69 Å². The van der Waals surface area contributed by atoms with Crippen molar-refractivity contribution < 1.29 is 9.18 Å². The molecule has 3 heterocycles. The molecule has 0 aromatic carbocycles. The highest BCUT2D eigenvalue weighted by Gasteiger charge is 2.32. The van der Waals surface area contributed by atoms with Crippen LogP contribution in [0.1, 0.15) is 35.8 Å². The number of nitrogens with zero attached hydrogens (tertiary/aromatic N) is 5. The van der Waals surface area contributed by atoms with Crippen molar-refractivity contribution in [1.82, 2.24) is 25.0 Å². The van der Waals surface area contributed by atoms with Gasteiger partial charge in [0.1, 0.15) is 11.5 Å². The molecule has 2 atom stereocenters. The van der Waals surface area contributed by atoms with Gasteiger partial charge in [0.05, 0.1) is 35.5 Å². The first-order chi connectivity index (χ1) is 14.8. The molecule has 11 heteroatoms. The lowest BCUT2D eigenvalue weighted by molar-refractivity contribution is 0.100. The highest BCUT2D eigenvalue weighted by molar-refractivity contribution is 5.98. The minimum Gasteiger partial charge on any atom is -0.365 e. The summed E-state index contributed by atoms with van der Waals surface area (Å²) in [4.78, 5) is 21.9. The molecule has 0 spiro atoms. The zero-order valence-corrected chi connectivity index (χ0v) is 17.2. The molecule has 3 aromatic heterocycles. The Kier molecular flexibility index (Phi) is 5.51. The molecule has 4 rings (SSSR count). The number of aromatic nitrogens is 5. The predicted octanol–water partition coefficient (Wildman–Crippen LogP) is 1.89. The molecule has 0 bridgehead atoms. The summed E-state index contributed by atoms with van der Waals surface area (Å²) in [6.07, 6.45) is 6.82. The maximum Gasteiger partial charge on any atom is 0.252 e. The van der Waals surface area contributed by atoms with Gasteiger partial charge in [-0.05, 0) is 44.7 Å². The van der Waals surface area contributed by atoms with Crippen molar-refractivity contribution in [1.29, 1.82) is 0 Å². The van der Waals surface area contributed by atoms with Crippen LogP contribution in [0.2, 0.25) is 0 Å². The van der Waals surface area contributed by atoms with Gasteiger partial charge in [0.15, 0.2) is 11.6 Å². The maximum absolute atomic E-state index is 14.6. The number of halogens is 1. The van der Waals surface area contributed by atoms with Gasteiger partial charge in [0, 0.05) is 12.1 Å². The number of carbonyl (C=O) groups is 1. The lowest BCUT2D eigenvalue weighted by Crippen LogP contribution is -2.40. The lowest BCUT2D eigenvalue weighted by atomic mass is 10.1. The second kappa shape index (κ2) is 8.26. The minimum absolute atomic E-state index is 0.00913. The molecule has 0 aliphatic heterocycles. The molecule has 3 aromatic rings. The van der Waals surface area contributed by atoms with Gasteiger partial charge < -0.3 is 22.1 Å². The normalized spacial score (nSPS) is 15.4. The molecule has 1 aliphatic carbocycles. The van der Waals surface area contributed by atoms with E-state index in [4.69, 9.17) is 11.5 Å². The first-order valence-corrected chi connectivity index (χ1v) is 9.96. The number of primary amides is 1. The fraction of sp³-hybridized carbons (Fsp3) is 0.350. The van der Waals surface area contributed by atoms with Crippen molar-refractivity contribution in [2.45, 2.75) is 38.8 Å². The van der Waals surface area contributed by atoms with Gasteiger partial charge in [-0.1, -0.05) is 0 Å². The van der Waals surface area contributed by atoms with Crippen LogP contribution in [0.4, 0.5) is 21.7 Å². The number of anilines is 3. The van der Waals surface area contributed by atoms with Crippen molar-refractivity contribution in [3.05, 3.63) is 47.8 Å². The molecule has 10 nitrogen and oxygen atoms in total. The monoisotopic (exact) mass is 425 g/mol. The molecule has 0 unspecified atom stereocenters. The Balaban J connectivity index is 1.65. The van der Waals surface area contributed by atoms with E-state index >= 15 is 0 Å². The van der Waals surface area contributed by atoms with E-state index < -0.39 is 11.7 Å². The van der Waals surface area contributed by atoms with Crippen LogP contribution >= 0.6 is 0 Å². The van der Waals surface area contributed by atoms with E-state index in [0.717, 1.165) is 18.9 Å². The van der Waals surface area contributed by atoms with Gasteiger partial charge in [0.2, 0.25) is 0 Å². The van der Waals surface area contributed by atoms with Gasteiger partial charge in [0.25, 0.3) is 5.91 Å². The maximum atomic E-state index is 14.6. The summed E-state index contributed by atoms with van der Waals surface area (Å²) >= 11 is 0. The molecule has 1 aliphatic rings. The smallest absolute Gasteiger partial charge is 0.252 e. The summed E-state index contributed by atoms with van der Waals surface area (Å²) in [5.74, 6) is -0.963. The summed E-state index contributed by atoms with van der Waals surface area (Å²) in [5.41, 5.74) is 13.4. The van der Waals surface area contributed by atoms with Crippen LogP contribution in [0.15, 0.2) is 30.7 Å². The summed E-state index contributed by atoms with van der Waals surface area (Å²) in [6, 6.07) is 2.50. The molecule has 0 radical (unpaired) electrons. The molecule has 1 fully saturated rings. The largest absolute Gasteiger partial charge is 0.365 e. The molecule has 162 valence electrons. The van der Waals surface area contributed by atoms with Crippen LogP contribution in [-0.2, 0) is 0 Å². The summed E-state index contributed by atoms with van der Waals surface area (Å²) < 4.78 is 14.6. The quantitative estimate of drug-likeness (QED) is 0.427. The summed E-state index contributed by atoms with van der Waals surface area (Å²) in [5, 5.41) is 14.3. The minimum atomic E-state index is -0.808. The van der Waals surface area contributed by atoms with Crippen LogP contribution in [-0.4, -0.2) is 43.0 Å². The summed E-state index contributed by atoms with van der Waals surface area (Å²) in [7, 11) is 0. The van der Waals surface area contributed by atoms with Crippen LogP contribution < -0.4 is 22.1 Å². The fourth-order valence-corrected chi connectivity index (χ4v) is 3.34. The number of amides is 1. The average Bonchev–Trinajstić information content (AvgIpc) is 3.44. The van der Waals surface area contributed by atoms with E-state index in [1.54, 1.807) is 24.7 Å². The Labute approximate surface area is 178 Å². The predicted molar refractivity (Wildman–Crippen MR) is 114 cm³/mol. The third-order valence-electron chi connectivity index (χ3n) is 5.31. The SMILES string of the molecule is Cc1ncc(Nc2nc(N[C@H](C)[C@@H](N)C3CC3)c(F)cc2C(N)=O)cc1-n1nccn1. The van der Waals surface area contributed by atoms with Gasteiger partial charge in [-0.15, -0.1) is 4.80 Å². The number of nitrogens with one attached hydrogen (secondary N) is 2. The Bertz CT molecular complexity index is 1100. The molecule has 6 N–H and O–H groups in total. The van der Waals surface area contributed by atoms with Gasteiger partial charge in [-0.25, -0.2) is 9.37 Å². The van der Waals surface area contributed by atoms with Crippen LogP contribution in [0, 0.1) is 18.7 Å². The van der Waals surface area contributed by atoms with Crippen LogP contribution in [0.3, 0.4) is 0 Å². The van der Waals surface area contributed by atoms with Gasteiger partial charge in [-0.3, -0.25) is 9.78 Å². The highest BCUT2D eigenvalue weighted by atomic mass is 19.1. The Morgan fingerprint density at radius 2 is 1.97 bits per heavy atom. The Hall–Kier alpha value is -3.60. The molecular weight excluding hydrogens is 401 g/mol. The van der Waals surface area contributed by atoms with E-state index in [1.165, 1.54) is 4.80 Å². The van der Waals surface area contributed by atoms with Gasteiger partial charge in [-0.2, -0.15) is 10.2 Å². The van der Waals surface area contributed by atoms with Crippen molar-refractivity contribution in [3.8, 4) is 5.69 Å². The number of carbonyl (C=O) groups excluding carboxylic acids is 1. The zero-order valence-electron chi connectivity index (χ0n) is 17.2. The zero-order chi connectivity index (χ0) is 22.1. The summed E-state index contributed by atoms with van der Waals surface area (Å²) in [6.45, 7) is 3.70. The van der Waals surface area contributed by atoms with E-state index in [2.05, 4.69) is 30.8 Å². The van der Waals surface area contributed by atoms with Crippen molar-refractivity contribution in [2.24, 2.45) is 17.4 Å². The standard InChI is InChI=1S/C20H24FN9O/c1-10-16(30-25-5-6-26-30)7-13(9-24-10)28-19-14(18(23)31)8-15(21)20(29-19)27-11(2)17(22)12-3-4-12/h5-9,11-12,17H,3-4,22H2,1-2H3,(H2,23,31)(H2,27,28,29)/t11-,17-/m1/s1. The molecule has 0 saturated heterocycles. The van der Waals surface area contributed by atoms with E-state index in [-0.39, 0.29) is 29.3 Å².